The number of ether oxygens (including phenoxy) is 1. The quantitative estimate of drug-likeness (QED) is 0.670. The molecule has 0 aromatic carbocycles. The molecule has 0 spiro atoms. The Kier molecular flexibility index (Phi) is 5.12. The van der Waals surface area contributed by atoms with Gasteiger partial charge in [-0.3, -0.25) is 9.59 Å². The Balaban J connectivity index is 2.33. The van der Waals surface area contributed by atoms with Gasteiger partial charge in [0.2, 0.25) is 0 Å². The third-order valence-electron chi connectivity index (χ3n) is 3.50. The van der Waals surface area contributed by atoms with Crippen LogP contribution in [0.5, 0.6) is 0 Å². The van der Waals surface area contributed by atoms with E-state index in [-0.39, 0.29) is 11.9 Å². The summed E-state index contributed by atoms with van der Waals surface area (Å²) < 4.78 is 5.09. The molecule has 1 aromatic rings. The van der Waals surface area contributed by atoms with Gasteiger partial charge in [0.1, 0.15) is 5.00 Å². The van der Waals surface area contributed by atoms with Gasteiger partial charge < -0.3 is 10.5 Å². The van der Waals surface area contributed by atoms with Crippen LogP contribution in [0, 0.1) is 5.92 Å². The van der Waals surface area contributed by atoms with E-state index in [4.69, 9.17) is 10.5 Å². The van der Waals surface area contributed by atoms with Crippen LogP contribution in [-0.2, 0) is 22.4 Å². The second kappa shape index (κ2) is 6.85. The highest BCUT2D eigenvalue weighted by Crippen LogP contribution is 2.41. The first kappa shape index (κ1) is 15.7. The number of aliphatic imine (C=N–C) groups is 1. The third kappa shape index (κ3) is 3.32. The van der Waals surface area contributed by atoms with Crippen molar-refractivity contribution in [1.82, 2.24) is 0 Å². The molecule has 0 saturated heterocycles. The number of carbonyl (C=O) groups excluding carboxylic acids is 2. The molecule has 1 heterocycles. The molecule has 0 bridgehead atoms. The molecule has 5 nitrogen and oxygen atoms in total. The number of aryl methyl sites for hydroxylation is 1. The highest BCUT2D eigenvalue weighted by molar-refractivity contribution is 7.16. The topological polar surface area (TPSA) is 81.8 Å². The van der Waals surface area contributed by atoms with E-state index in [1.54, 1.807) is 13.1 Å². The number of carbonyl (C=O) groups is 2. The van der Waals surface area contributed by atoms with Crippen LogP contribution in [0.15, 0.2) is 4.99 Å². The van der Waals surface area contributed by atoms with Crippen LogP contribution < -0.4 is 5.73 Å². The molecule has 21 heavy (non-hydrogen) atoms. The molecule has 1 aliphatic rings. The number of rotatable bonds is 5. The van der Waals surface area contributed by atoms with Crippen molar-refractivity contribution in [3.8, 4) is 0 Å². The molecule has 0 saturated carbocycles. The van der Waals surface area contributed by atoms with Crippen LogP contribution in [0.25, 0.3) is 0 Å². The van der Waals surface area contributed by atoms with Gasteiger partial charge in [-0.05, 0) is 38.2 Å². The first-order valence-corrected chi connectivity index (χ1v) is 8.03. The number of hydrogen-bond acceptors (Lipinski definition) is 5. The lowest BCUT2D eigenvalue weighted by Crippen LogP contribution is -2.25. The van der Waals surface area contributed by atoms with Gasteiger partial charge in [-0.2, -0.15) is 0 Å². The molecule has 1 aliphatic carbocycles. The Morgan fingerprint density at radius 3 is 2.86 bits per heavy atom. The minimum atomic E-state index is -0.472. The molecule has 0 aliphatic heterocycles. The Morgan fingerprint density at radius 2 is 2.24 bits per heavy atom. The second-order valence-electron chi connectivity index (χ2n) is 4.96. The Labute approximate surface area is 128 Å². The maximum absolute atomic E-state index is 11.9. The summed E-state index contributed by atoms with van der Waals surface area (Å²) in [7, 11) is 0. The minimum Gasteiger partial charge on any atom is -0.466 e. The maximum atomic E-state index is 11.9. The van der Waals surface area contributed by atoms with E-state index in [1.807, 2.05) is 6.92 Å². The van der Waals surface area contributed by atoms with E-state index < -0.39 is 5.91 Å². The fourth-order valence-electron chi connectivity index (χ4n) is 2.55. The lowest BCUT2D eigenvalue weighted by Gasteiger charge is -2.20. The molecule has 114 valence electrons. The van der Waals surface area contributed by atoms with E-state index in [0.717, 1.165) is 29.7 Å². The number of nitrogens with two attached hydrogens (primary N) is 1. The van der Waals surface area contributed by atoms with Gasteiger partial charge in [-0.15, -0.1) is 11.3 Å². The van der Waals surface area contributed by atoms with Gasteiger partial charge in [0.25, 0.3) is 5.91 Å². The second-order valence-corrected chi connectivity index (χ2v) is 6.04. The Bertz CT molecular complexity index is 578. The van der Waals surface area contributed by atoms with Gasteiger partial charge in [0.15, 0.2) is 0 Å². The average molecular weight is 308 g/mol. The van der Waals surface area contributed by atoms with Gasteiger partial charge in [-0.25, -0.2) is 4.99 Å². The standard InChI is InChI=1S/C15H20N2O3S/c1-3-7-17-14-12(13(16)18)10-8-9(15(19)20-4-2)5-6-11(10)21-14/h7,9H,3-6,8H2,1-2H3,(H2,16,18). The summed E-state index contributed by atoms with van der Waals surface area (Å²) in [6.45, 7) is 4.15. The van der Waals surface area contributed by atoms with Crippen LogP contribution in [0.3, 0.4) is 0 Å². The highest BCUT2D eigenvalue weighted by atomic mass is 32.1. The summed E-state index contributed by atoms with van der Waals surface area (Å²) in [5, 5.41) is 0.666. The van der Waals surface area contributed by atoms with E-state index >= 15 is 0 Å². The molecule has 1 amide bonds. The number of thiophene rings is 1. The van der Waals surface area contributed by atoms with Crippen LogP contribution in [0.4, 0.5) is 5.00 Å². The molecule has 2 rings (SSSR count). The number of fused-ring (bicyclic) bond motifs is 1. The summed E-state index contributed by atoms with van der Waals surface area (Å²) in [6.07, 6.45) is 4.61. The molecule has 1 aromatic heterocycles. The van der Waals surface area contributed by atoms with Gasteiger partial charge in [-0.1, -0.05) is 6.92 Å². The zero-order chi connectivity index (χ0) is 15.4. The SMILES string of the molecule is CCC=Nc1sc2c(c1C(N)=O)CC(C(=O)OCC)CC2. The van der Waals surface area contributed by atoms with Crippen LogP contribution in [0.1, 0.15) is 47.5 Å². The van der Waals surface area contributed by atoms with Crippen LogP contribution in [-0.4, -0.2) is 24.7 Å². The predicted molar refractivity (Wildman–Crippen MR) is 83.4 cm³/mol. The summed E-state index contributed by atoms with van der Waals surface area (Å²) in [6, 6.07) is 0. The molecule has 1 atom stereocenters. The van der Waals surface area contributed by atoms with E-state index in [0.29, 0.717) is 23.6 Å². The number of hydrogen-bond donors (Lipinski definition) is 1. The van der Waals surface area contributed by atoms with E-state index in [2.05, 4.69) is 4.99 Å². The number of esters is 1. The van der Waals surface area contributed by atoms with E-state index in [1.165, 1.54) is 11.3 Å². The van der Waals surface area contributed by atoms with Crippen molar-refractivity contribution in [3.63, 3.8) is 0 Å². The Hall–Kier alpha value is -1.69. The van der Waals surface area contributed by atoms with Crippen molar-refractivity contribution in [1.29, 1.82) is 0 Å². The predicted octanol–water partition coefficient (Wildman–Crippen LogP) is 2.63. The van der Waals surface area contributed by atoms with Gasteiger partial charge in [0.05, 0.1) is 18.1 Å². The lowest BCUT2D eigenvalue weighted by molar-refractivity contribution is -0.148. The van der Waals surface area contributed by atoms with Gasteiger partial charge in [0, 0.05) is 11.1 Å². The first-order chi connectivity index (χ1) is 10.1. The van der Waals surface area contributed by atoms with Crippen molar-refractivity contribution in [3.05, 3.63) is 16.0 Å². The fourth-order valence-corrected chi connectivity index (χ4v) is 3.76. The minimum absolute atomic E-state index is 0.187. The zero-order valence-electron chi connectivity index (χ0n) is 12.3. The van der Waals surface area contributed by atoms with E-state index in [9.17, 15) is 9.59 Å². The largest absolute Gasteiger partial charge is 0.466 e. The lowest BCUT2D eigenvalue weighted by atomic mass is 9.86. The van der Waals surface area contributed by atoms with Crippen LogP contribution in [0.2, 0.25) is 0 Å². The van der Waals surface area contributed by atoms with Gasteiger partial charge >= 0.3 is 5.97 Å². The summed E-state index contributed by atoms with van der Waals surface area (Å²) in [5.41, 5.74) is 6.88. The number of nitrogens with zero attached hydrogens (tertiary/aromatic N) is 1. The Morgan fingerprint density at radius 1 is 1.48 bits per heavy atom. The molecule has 6 heteroatoms. The van der Waals surface area contributed by atoms with Crippen molar-refractivity contribution < 1.29 is 14.3 Å². The van der Waals surface area contributed by atoms with Crippen LogP contribution >= 0.6 is 11.3 Å². The summed E-state index contributed by atoms with van der Waals surface area (Å²) in [5.74, 6) is -0.850. The highest BCUT2D eigenvalue weighted by Gasteiger charge is 2.31. The normalized spacial score (nSPS) is 17.7. The van der Waals surface area contributed by atoms with Crippen molar-refractivity contribution in [2.24, 2.45) is 16.6 Å². The zero-order valence-corrected chi connectivity index (χ0v) is 13.2. The van der Waals surface area contributed by atoms with Crippen molar-refractivity contribution in [2.45, 2.75) is 39.5 Å². The maximum Gasteiger partial charge on any atom is 0.309 e. The molecular formula is C15H20N2O3S. The molecule has 0 radical (unpaired) electrons. The molecule has 1 unspecified atom stereocenters. The molecular weight excluding hydrogens is 288 g/mol. The van der Waals surface area contributed by atoms with Crippen molar-refractivity contribution in [2.75, 3.05) is 6.61 Å². The summed E-state index contributed by atoms with van der Waals surface area (Å²) >= 11 is 1.51. The first-order valence-electron chi connectivity index (χ1n) is 7.21. The smallest absolute Gasteiger partial charge is 0.309 e. The fraction of sp³-hybridized carbons (Fsp3) is 0.533. The van der Waals surface area contributed by atoms with Crippen molar-refractivity contribution >= 4 is 34.4 Å². The molecule has 0 fully saturated rings. The number of primary amides is 1. The monoisotopic (exact) mass is 308 g/mol. The molecule has 2 N–H and O–H groups in total. The average Bonchev–Trinajstić information content (AvgIpc) is 2.82. The summed E-state index contributed by atoms with van der Waals surface area (Å²) in [4.78, 5) is 29.1. The number of amides is 1. The third-order valence-corrected chi connectivity index (χ3v) is 4.70.